The average molecular weight is 271 g/mol. The third-order valence-corrected chi connectivity index (χ3v) is 2.60. The van der Waals surface area contributed by atoms with Crippen LogP contribution in [0.25, 0.3) is 0 Å². The first kappa shape index (κ1) is 17.2. The molecular weight excluding hydrogens is 251 g/mol. The van der Waals surface area contributed by atoms with Crippen LogP contribution >= 0.6 is 0 Å². The number of ether oxygens (including phenoxy) is 1. The lowest BCUT2D eigenvalue weighted by Crippen LogP contribution is -2.38. The first-order valence-electron chi connectivity index (χ1n) is 5.89. The van der Waals surface area contributed by atoms with Gasteiger partial charge in [-0.15, -0.1) is 0 Å². The van der Waals surface area contributed by atoms with Crippen LogP contribution in [-0.4, -0.2) is 43.1 Å². The van der Waals surface area contributed by atoms with E-state index in [2.05, 4.69) is 10.1 Å². The van der Waals surface area contributed by atoms with Crippen LogP contribution in [0.3, 0.4) is 0 Å². The number of rotatable bonds is 8. The molecule has 0 aliphatic rings. The Hall–Kier alpha value is -0.820. The van der Waals surface area contributed by atoms with Gasteiger partial charge in [0.15, 0.2) is 0 Å². The van der Waals surface area contributed by atoms with E-state index in [0.717, 1.165) is 12.8 Å². The molecule has 1 unspecified atom stereocenters. The SMILES string of the molecule is CCC(CC)C(O)CNC(=O)COCC(F)(F)F. The molecule has 7 heteroatoms. The van der Waals surface area contributed by atoms with Gasteiger partial charge in [0.25, 0.3) is 0 Å². The molecule has 0 rings (SSSR count). The van der Waals surface area contributed by atoms with Crippen LogP contribution in [-0.2, 0) is 9.53 Å². The summed E-state index contributed by atoms with van der Waals surface area (Å²) in [6, 6.07) is 0. The summed E-state index contributed by atoms with van der Waals surface area (Å²) >= 11 is 0. The Morgan fingerprint density at radius 2 is 1.89 bits per heavy atom. The number of hydrogen-bond acceptors (Lipinski definition) is 3. The quantitative estimate of drug-likeness (QED) is 0.703. The number of aliphatic hydroxyl groups is 1. The van der Waals surface area contributed by atoms with Crippen molar-refractivity contribution in [1.29, 1.82) is 0 Å². The van der Waals surface area contributed by atoms with Gasteiger partial charge >= 0.3 is 6.18 Å². The summed E-state index contributed by atoms with van der Waals surface area (Å²) in [5, 5.41) is 12.0. The Bertz CT molecular complexity index is 242. The topological polar surface area (TPSA) is 58.6 Å². The van der Waals surface area contributed by atoms with Gasteiger partial charge in [0, 0.05) is 6.54 Å². The van der Waals surface area contributed by atoms with E-state index in [1.165, 1.54) is 0 Å². The number of halogens is 3. The summed E-state index contributed by atoms with van der Waals surface area (Å²) < 4.78 is 39.3. The van der Waals surface area contributed by atoms with Crippen LogP contribution in [0.1, 0.15) is 26.7 Å². The smallest absolute Gasteiger partial charge is 0.391 e. The highest BCUT2D eigenvalue weighted by atomic mass is 19.4. The van der Waals surface area contributed by atoms with E-state index < -0.39 is 31.4 Å². The van der Waals surface area contributed by atoms with Crippen molar-refractivity contribution in [1.82, 2.24) is 5.32 Å². The minimum atomic E-state index is -4.44. The Labute approximate surface area is 105 Å². The van der Waals surface area contributed by atoms with Crippen molar-refractivity contribution >= 4 is 5.91 Å². The highest BCUT2D eigenvalue weighted by molar-refractivity contribution is 5.77. The molecule has 0 aromatic carbocycles. The molecule has 18 heavy (non-hydrogen) atoms. The lowest BCUT2D eigenvalue weighted by molar-refractivity contribution is -0.175. The van der Waals surface area contributed by atoms with E-state index in [1.807, 2.05) is 13.8 Å². The summed E-state index contributed by atoms with van der Waals surface area (Å²) in [7, 11) is 0. The summed E-state index contributed by atoms with van der Waals surface area (Å²) in [6.07, 6.45) is -3.57. The lowest BCUT2D eigenvalue weighted by Gasteiger charge is -2.20. The molecule has 0 aromatic heterocycles. The number of alkyl halides is 3. The van der Waals surface area contributed by atoms with E-state index in [-0.39, 0.29) is 12.5 Å². The van der Waals surface area contributed by atoms with E-state index in [0.29, 0.717) is 0 Å². The lowest BCUT2D eigenvalue weighted by atomic mass is 9.97. The molecule has 4 nitrogen and oxygen atoms in total. The van der Waals surface area contributed by atoms with Crippen molar-refractivity contribution in [3.63, 3.8) is 0 Å². The fourth-order valence-corrected chi connectivity index (χ4v) is 1.53. The van der Waals surface area contributed by atoms with Crippen molar-refractivity contribution in [2.75, 3.05) is 19.8 Å². The number of aliphatic hydroxyl groups excluding tert-OH is 1. The van der Waals surface area contributed by atoms with Crippen molar-refractivity contribution in [3.8, 4) is 0 Å². The van der Waals surface area contributed by atoms with Gasteiger partial charge in [-0.05, 0) is 5.92 Å². The zero-order valence-corrected chi connectivity index (χ0v) is 10.6. The van der Waals surface area contributed by atoms with Crippen molar-refractivity contribution in [3.05, 3.63) is 0 Å². The van der Waals surface area contributed by atoms with Gasteiger partial charge in [0.05, 0.1) is 6.10 Å². The molecule has 0 bridgehead atoms. The van der Waals surface area contributed by atoms with Crippen LogP contribution < -0.4 is 5.32 Å². The summed E-state index contributed by atoms with van der Waals surface area (Å²) in [4.78, 5) is 11.1. The van der Waals surface area contributed by atoms with Crippen molar-refractivity contribution < 1.29 is 27.8 Å². The zero-order valence-electron chi connectivity index (χ0n) is 10.6. The molecule has 0 heterocycles. The monoisotopic (exact) mass is 271 g/mol. The summed E-state index contributed by atoms with van der Waals surface area (Å²) in [5.41, 5.74) is 0. The normalized spacial score (nSPS) is 13.7. The summed E-state index contributed by atoms with van der Waals surface area (Å²) in [6.45, 7) is 1.77. The minimum absolute atomic E-state index is 0.0283. The molecule has 0 fully saturated rings. The molecular formula is C11H20F3NO3. The van der Waals surface area contributed by atoms with Gasteiger partial charge in [0.1, 0.15) is 13.2 Å². The second-order valence-electron chi connectivity index (χ2n) is 4.06. The van der Waals surface area contributed by atoms with Crippen LogP contribution in [0.15, 0.2) is 0 Å². The highest BCUT2D eigenvalue weighted by Crippen LogP contribution is 2.14. The fourth-order valence-electron chi connectivity index (χ4n) is 1.53. The molecule has 0 spiro atoms. The Morgan fingerprint density at radius 1 is 1.33 bits per heavy atom. The number of carbonyl (C=O) groups is 1. The molecule has 108 valence electrons. The largest absolute Gasteiger partial charge is 0.411 e. The maximum atomic E-state index is 11.7. The van der Waals surface area contributed by atoms with Crippen molar-refractivity contribution in [2.45, 2.75) is 39.0 Å². The van der Waals surface area contributed by atoms with Gasteiger partial charge in [-0.25, -0.2) is 0 Å². The van der Waals surface area contributed by atoms with E-state index in [9.17, 15) is 23.1 Å². The van der Waals surface area contributed by atoms with Crippen LogP contribution in [0.2, 0.25) is 0 Å². The number of carbonyl (C=O) groups excluding carboxylic acids is 1. The second kappa shape index (κ2) is 8.31. The molecule has 1 atom stereocenters. The number of nitrogens with one attached hydrogen (secondary N) is 1. The summed E-state index contributed by atoms with van der Waals surface area (Å²) in [5.74, 6) is -0.592. The molecule has 2 N–H and O–H groups in total. The average Bonchev–Trinajstić information content (AvgIpc) is 2.26. The highest BCUT2D eigenvalue weighted by Gasteiger charge is 2.27. The molecule has 1 amide bonds. The number of hydrogen-bond donors (Lipinski definition) is 2. The van der Waals surface area contributed by atoms with E-state index in [4.69, 9.17) is 0 Å². The minimum Gasteiger partial charge on any atom is -0.391 e. The van der Waals surface area contributed by atoms with Crippen molar-refractivity contribution in [2.24, 2.45) is 5.92 Å². The first-order valence-corrected chi connectivity index (χ1v) is 5.89. The van der Waals surface area contributed by atoms with Crippen LogP contribution in [0.4, 0.5) is 13.2 Å². The first-order chi connectivity index (χ1) is 8.30. The Balaban J connectivity index is 3.76. The maximum Gasteiger partial charge on any atom is 0.411 e. The maximum absolute atomic E-state index is 11.7. The van der Waals surface area contributed by atoms with Gasteiger partial charge in [-0.2, -0.15) is 13.2 Å². The molecule has 0 aliphatic heterocycles. The fraction of sp³-hybridized carbons (Fsp3) is 0.909. The second-order valence-corrected chi connectivity index (χ2v) is 4.06. The molecule has 0 aromatic rings. The van der Waals surface area contributed by atoms with E-state index in [1.54, 1.807) is 0 Å². The van der Waals surface area contributed by atoms with E-state index >= 15 is 0 Å². The Kier molecular flexibility index (Phi) is 7.93. The van der Waals surface area contributed by atoms with Gasteiger partial charge in [0.2, 0.25) is 5.91 Å². The molecule has 0 saturated heterocycles. The predicted octanol–water partition coefficient (Wildman–Crippen LogP) is 1.48. The van der Waals surface area contributed by atoms with Gasteiger partial charge < -0.3 is 15.2 Å². The zero-order chi connectivity index (χ0) is 14.2. The number of amides is 1. The predicted molar refractivity (Wildman–Crippen MR) is 60.0 cm³/mol. The molecule has 0 radical (unpaired) electrons. The Morgan fingerprint density at radius 3 is 2.33 bits per heavy atom. The van der Waals surface area contributed by atoms with Crippen LogP contribution in [0.5, 0.6) is 0 Å². The van der Waals surface area contributed by atoms with Crippen LogP contribution in [0, 0.1) is 5.92 Å². The molecule has 0 saturated carbocycles. The third-order valence-electron chi connectivity index (χ3n) is 2.60. The standard InChI is InChI=1S/C11H20F3NO3/c1-3-8(4-2)9(16)5-15-10(17)6-18-7-11(12,13)14/h8-9,16H,3-7H2,1-2H3,(H,15,17). The van der Waals surface area contributed by atoms with Gasteiger partial charge in [-0.1, -0.05) is 26.7 Å². The molecule has 0 aliphatic carbocycles. The third kappa shape index (κ3) is 8.30. The van der Waals surface area contributed by atoms with Gasteiger partial charge in [-0.3, -0.25) is 4.79 Å².